The Kier molecular flexibility index (Phi) is 5.95. The van der Waals surface area contributed by atoms with E-state index in [1.54, 1.807) is 12.1 Å². The van der Waals surface area contributed by atoms with E-state index in [-0.39, 0.29) is 17.9 Å². The summed E-state index contributed by atoms with van der Waals surface area (Å²) in [5, 5.41) is 5.81. The van der Waals surface area contributed by atoms with Crippen LogP contribution in [0, 0.1) is 5.82 Å². The fraction of sp³-hybridized carbons (Fsp3) is 0.471. The maximum atomic E-state index is 12.8. The van der Waals surface area contributed by atoms with Crippen molar-refractivity contribution < 1.29 is 9.18 Å². The molecule has 1 aliphatic heterocycles. The molecule has 1 heterocycles. The van der Waals surface area contributed by atoms with Gasteiger partial charge in [0.25, 0.3) is 0 Å². The second-order valence-electron chi connectivity index (χ2n) is 5.96. The molecule has 2 amide bonds. The van der Waals surface area contributed by atoms with Crippen LogP contribution < -0.4 is 10.6 Å². The molecule has 4 nitrogen and oxygen atoms in total. The molecule has 0 unspecified atom stereocenters. The minimum Gasteiger partial charge on any atom is -0.335 e. The standard InChI is InChI=1S/C17H24FN3O/c1-13(2)12-21-9-7-16(8-10-21)20-17(22)19-11-14-3-5-15(18)6-4-14/h3-6,16H,1,7-12H2,2H3,(H2,19,20,22). The van der Waals surface area contributed by atoms with Crippen molar-refractivity contribution in [1.29, 1.82) is 0 Å². The third kappa shape index (κ3) is 5.48. The highest BCUT2D eigenvalue weighted by atomic mass is 19.1. The Bertz CT molecular complexity index is 507. The molecule has 0 radical (unpaired) electrons. The first-order chi connectivity index (χ1) is 10.5. The summed E-state index contributed by atoms with van der Waals surface area (Å²) in [4.78, 5) is 14.2. The van der Waals surface area contributed by atoms with Crippen LogP contribution in [0.2, 0.25) is 0 Å². The molecule has 1 fully saturated rings. The smallest absolute Gasteiger partial charge is 0.315 e. The highest BCUT2D eigenvalue weighted by Gasteiger charge is 2.20. The average molecular weight is 305 g/mol. The Hall–Kier alpha value is -1.88. The molecule has 1 saturated heterocycles. The van der Waals surface area contributed by atoms with Gasteiger partial charge in [-0.2, -0.15) is 0 Å². The molecule has 1 aromatic carbocycles. The number of hydrogen-bond acceptors (Lipinski definition) is 2. The van der Waals surface area contributed by atoms with Crippen molar-refractivity contribution in [3.63, 3.8) is 0 Å². The Balaban J connectivity index is 1.67. The van der Waals surface area contributed by atoms with E-state index in [4.69, 9.17) is 0 Å². The van der Waals surface area contributed by atoms with Gasteiger partial charge in [-0.3, -0.25) is 4.90 Å². The van der Waals surface area contributed by atoms with Crippen molar-refractivity contribution in [2.75, 3.05) is 19.6 Å². The number of halogens is 1. The van der Waals surface area contributed by atoms with Gasteiger partial charge in [0.2, 0.25) is 0 Å². The molecular formula is C17H24FN3O. The monoisotopic (exact) mass is 305 g/mol. The first kappa shape index (κ1) is 16.5. The predicted molar refractivity (Wildman–Crippen MR) is 86.0 cm³/mol. The van der Waals surface area contributed by atoms with Gasteiger partial charge in [0, 0.05) is 32.2 Å². The molecule has 1 aliphatic rings. The third-order valence-electron chi connectivity index (χ3n) is 3.78. The number of likely N-dealkylation sites (tertiary alicyclic amines) is 1. The van der Waals surface area contributed by atoms with Crippen molar-refractivity contribution in [1.82, 2.24) is 15.5 Å². The minimum atomic E-state index is -0.269. The lowest BCUT2D eigenvalue weighted by molar-refractivity contribution is 0.201. The molecule has 2 N–H and O–H groups in total. The molecule has 0 aliphatic carbocycles. The molecular weight excluding hydrogens is 281 g/mol. The zero-order valence-corrected chi connectivity index (χ0v) is 13.1. The lowest BCUT2D eigenvalue weighted by atomic mass is 10.0. The van der Waals surface area contributed by atoms with Gasteiger partial charge in [-0.15, -0.1) is 0 Å². The zero-order valence-electron chi connectivity index (χ0n) is 13.1. The SMILES string of the molecule is C=C(C)CN1CCC(NC(=O)NCc2ccc(F)cc2)CC1. The van der Waals surface area contributed by atoms with Gasteiger partial charge in [-0.1, -0.05) is 24.3 Å². The van der Waals surface area contributed by atoms with Crippen LogP contribution in [0.15, 0.2) is 36.4 Å². The van der Waals surface area contributed by atoms with Crippen molar-refractivity contribution >= 4 is 6.03 Å². The second kappa shape index (κ2) is 7.94. The van der Waals surface area contributed by atoms with E-state index in [9.17, 15) is 9.18 Å². The quantitative estimate of drug-likeness (QED) is 0.822. The van der Waals surface area contributed by atoms with Crippen LogP contribution in [-0.4, -0.2) is 36.6 Å². The summed E-state index contributed by atoms with van der Waals surface area (Å²) in [7, 11) is 0. The minimum absolute atomic E-state index is 0.164. The molecule has 1 aromatic rings. The first-order valence-electron chi connectivity index (χ1n) is 7.68. The summed E-state index contributed by atoms with van der Waals surface area (Å²) < 4.78 is 12.8. The predicted octanol–water partition coefficient (Wildman–Crippen LogP) is 2.67. The number of carbonyl (C=O) groups excluding carboxylic acids is 1. The molecule has 0 spiro atoms. The Morgan fingerprint density at radius 2 is 1.95 bits per heavy atom. The third-order valence-corrected chi connectivity index (χ3v) is 3.78. The number of benzene rings is 1. The second-order valence-corrected chi connectivity index (χ2v) is 5.96. The van der Waals surface area contributed by atoms with Gasteiger partial charge < -0.3 is 10.6 Å². The highest BCUT2D eigenvalue weighted by Crippen LogP contribution is 2.11. The van der Waals surface area contributed by atoms with Crippen LogP contribution in [0.25, 0.3) is 0 Å². The number of urea groups is 1. The fourth-order valence-corrected chi connectivity index (χ4v) is 2.64. The summed E-state index contributed by atoms with van der Waals surface area (Å²) in [6.07, 6.45) is 1.91. The molecule has 2 rings (SSSR count). The number of piperidine rings is 1. The van der Waals surface area contributed by atoms with Crippen molar-refractivity contribution in [2.45, 2.75) is 32.4 Å². The zero-order chi connectivity index (χ0) is 15.9. The topological polar surface area (TPSA) is 44.4 Å². The summed E-state index contributed by atoms with van der Waals surface area (Å²) >= 11 is 0. The molecule has 0 bridgehead atoms. The van der Waals surface area contributed by atoms with Gasteiger partial charge in [0.05, 0.1) is 0 Å². The van der Waals surface area contributed by atoms with E-state index in [1.165, 1.54) is 17.7 Å². The number of nitrogens with one attached hydrogen (secondary N) is 2. The van der Waals surface area contributed by atoms with Crippen LogP contribution >= 0.6 is 0 Å². The Morgan fingerprint density at radius 3 is 2.55 bits per heavy atom. The van der Waals surface area contributed by atoms with Crippen LogP contribution in [0.4, 0.5) is 9.18 Å². The van der Waals surface area contributed by atoms with Crippen LogP contribution in [0.1, 0.15) is 25.3 Å². The van der Waals surface area contributed by atoms with E-state index < -0.39 is 0 Å². The van der Waals surface area contributed by atoms with Gasteiger partial charge >= 0.3 is 6.03 Å². The molecule has 0 saturated carbocycles. The number of nitrogens with zero attached hydrogens (tertiary/aromatic N) is 1. The number of carbonyl (C=O) groups is 1. The van der Waals surface area contributed by atoms with Crippen molar-refractivity contribution in [2.24, 2.45) is 0 Å². The molecule has 0 aromatic heterocycles. The number of rotatable bonds is 5. The average Bonchev–Trinajstić information content (AvgIpc) is 2.48. The number of amides is 2. The molecule has 120 valence electrons. The van der Waals surface area contributed by atoms with E-state index in [2.05, 4.69) is 22.1 Å². The van der Waals surface area contributed by atoms with E-state index >= 15 is 0 Å². The summed E-state index contributed by atoms with van der Waals surface area (Å²) in [5.41, 5.74) is 2.05. The number of hydrogen-bond donors (Lipinski definition) is 2. The molecule has 22 heavy (non-hydrogen) atoms. The normalized spacial score (nSPS) is 16.3. The first-order valence-corrected chi connectivity index (χ1v) is 7.68. The molecule has 0 atom stereocenters. The maximum absolute atomic E-state index is 12.8. The van der Waals surface area contributed by atoms with Crippen molar-refractivity contribution in [3.05, 3.63) is 47.8 Å². The van der Waals surface area contributed by atoms with Gasteiger partial charge in [-0.05, 0) is 37.5 Å². The largest absolute Gasteiger partial charge is 0.335 e. The van der Waals surface area contributed by atoms with Gasteiger partial charge in [0.15, 0.2) is 0 Å². The van der Waals surface area contributed by atoms with Crippen LogP contribution in [0.3, 0.4) is 0 Å². The summed E-state index contributed by atoms with van der Waals surface area (Å²) in [6, 6.07) is 6.19. The maximum Gasteiger partial charge on any atom is 0.315 e. The van der Waals surface area contributed by atoms with Crippen LogP contribution in [0.5, 0.6) is 0 Å². The van der Waals surface area contributed by atoms with E-state index in [0.717, 1.165) is 38.0 Å². The Labute approximate surface area is 131 Å². The molecule has 5 heteroatoms. The summed E-state index contributed by atoms with van der Waals surface area (Å²) in [5.74, 6) is -0.269. The summed E-state index contributed by atoms with van der Waals surface area (Å²) in [6.45, 7) is 9.27. The highest BCUT2D eigenvalue weighted by molar-refractivity contribution is 5.74. The van der Waals surface area contributed by atoms with Gasteiger partial charge in [0.1, 0.15) is 5.82 Å². The fourth-order valence-electron chi connectivity index (χ4n) is 2.64. The van der Waals surface area contributed by atoms with Crippen molar-refractivity contribution in [3.8, 4) is 0 Å². The van der Waals surface area contributed by atoms with Gasteiger partial charge in [-0.25, -0.2) is 9.18 Å². The Morgan fingerprint density at radius 1 is 1.32 bits per heavy atom. The van der Waals surface area contributed by atoms with E-state index in [0.29, 0.717) is 6.54 Å². The lowest BCUT2D eigenvalue weighted by Crippen LogP contribution is -2.47. The van der Waals surface area contributed by atoms with E-state index in [1.807, 2.05) is 6.92 Å². The lowest BCUT2D eigenvalue weighted by Gasteiger charge is -2.32. The van der Waals surface area contributed by atoms with Crippen LogP contribution in [-0.2, 0) is 6.54 Å².